The smallest absolute Gasteiger partial charge is 1.00 e. The van der Waals surface area contributed by atoms with Gasteiger partial charge in [0.25, 0.3) is 0 Å². The van der Waals surface area contributed by atoms with Gasteiger partial charge in [-0.15, -0.1) is 33.4 Å². The minimum absolute atomic E-state index is 0. The summed E-state index contributed by atoms with van der Waals surface area (Å²) >= 11 is 0. The second kappa shape index (κ2) is 12.5. The average Bonchev–Trinajstić information content (AvgIpc) is 3.36. The molecule has 0 aliphatic heterocycles. The maximum atomic E-state index is 6.33. The Morgan fingerprint density at radius 1 is 0.865 bits per heavy atom. The molecule has 1 nitrogen and oxygen atoms in total. The second-order valence-corrected chi connectivity index (χ2v) is 20.6. The maximum Gasteiger partial charge on any atom is 3.00 e. The molecule has 0 saturated heterocycles. The van der Waals surface area contributed by atoms with E-state index in [0.717, 1.165) is 12.7 Å². The molecule has 0 saturated carbocycles. The van der Waals surface area contributed by atoms with Gasteiger partial charge in [0.1, 0.15) is 0 Å². The molecule has 0 heterocycles. The first-order chi connectivity index (χ1) is 16.2. The average molecular weight is 642 g/mol. The molecule has 3 aromatic rings. The van der Waals surface area contributed by atoms with Gasteiger partial charge >= 0.3 is 26.2 Å². The summed E-state index contributed by atoms with van der Waals surface area (Å²) in [5.74, 6) is 0.285. The SMILES string of the molecule is CC=c1ccc2c(c1C1C([Si](C)(C)CCO[Si](C)(C)C)=Cc3ccccc31)[C-]=c1ccccc1=2.[Cl-].[Cl-].[Zr+3]. The summed E-state index contributed by atoms with van der Waals surface area (Å²) in [7, 11) is -3.26. The Labute approximate surface area is 255 Å². The Balaban J connectivity index is 0.00000160. The number of halogens is 2. The van der Waals surface area contributed by atoms with Gasteiger partial charge in [-0.1, -0.05) is 95.8 Å². The van der Waals surface area contributed by atoms with E-state index < -0.39 is 16.4 Å². The summed E-state index contributed by atoms with van der Waals surface area (Å²) in [5, 5.41) is 6.79. The minimum atomic E-state index is -1.75. The predicted molar refractivity (Wildman–Crippen MR) is 150 cm³/mol. The number of allylic oxidation sites excluding steroid dienone is 1. The van der Waals surface area contributed by atoms with Crippen LogP contribution in [0.2, 0.25) is 38.8 Å². The molecule has 3 aromatic carbocycles. The van der Waals surface area contributed by atoms with Crippen molar-refractivity contribution in [2.45, 2.75) is 51.6 Å². The maximum absolute atomic E-state index is 6.33. The number of benzene rings is 3. The van der Waals surface area contributed by atoms with Crippen molar-refractivity contribution < 1.29 is 55.4 Å². The van der Waals surface area contributed by atoms with E-state index in [-0.39, 0.29) is 56.9 Å². The molecule has 1 unspecified atom stereocenters. The van der Waals surface area contributed by atoms with E-state index in [9.17, 15) is 0 Å². The molecule has 0 amide bonds. The normalized spacial score (nSPS) is 15.8. The number of rotatable bonds is 6. The monoisotopic (exact) mass is 639 g/mol. The first-order valence-electron chi connectivity index (χ1n) is 12.5. The fraction of sp³-hybridized carbons (Fsp3) is 0.290. The largest absolute Gasteiger partial charge is 3.00 e. The first-order valence-corrected chi connectivity index (χ1v) is 19.1. The molecule has 2 aliphatic carbocycles. The van der Waals surface area contributed by atoms with E-state index in [2.05, 4.69) is 119 Å². The van der Waals surface area contributed by atoms with Crippen LogP contribution in [0.5, 0.6) is 0 Å². The molecule has 0 bridgehead atoms. The van der Waals surface area contributed by atoms with E-state index in [1.165, 1.54) is 43.1 Å². The van der Waals surface area contributed by atoms with Crippen LogP contribution in [0.15, 0.2) is 65.9 Å². The van der Waals surface area contributed by atoms with Crippen LogP contribution in [0, 0.1) is 10.4 Å². The van der Waals surface area contributed by atoms with Gasteiger partial charge in [-0.05, 0) is 43.7 Å². The number of fused-ring (bicyclic) bond motifs is 3. The Morgan fingerprint density at radius 3 is 2.24 bits per heavy atom. The minimum Gasteiger partial charge on any atom is -1.00 e. The molecule has 6 heteroatoms. The fourth-order valence-electron chi connectivity index (χ4n) is 5.50. The zero-order valence-corrected chi connectivity index (χ0v) is 28.6. The summed E-state index contributed by atoms with van der Waals surface area (Å²) in [5.41, 5.74) is 5.54. The Kier molecular flexibility index (Phi) is 10.8. The van der Waals surface area contributed by atoms with Gasteiger partial charge in [0.2, 0.25) is 0 Å². The molecular formula is C31H35Cl2OSi2Zr. The topological polar surface area (TPSA) is 9.23 Å². The fourth-order valence-corrected chi connectivity index (χ4v) is 8.94. The van der Waals surface area contributed by atoms with Crippen molar-refractivity contribution in [2.24, 2.45) is 0 Å². The molecule has 0 fully saturated rings. The summed E-state index contributed by atoms with van der Waals surface area (Å²) in [6.07, 6.45) is 8.61. The van der Waals surface area contributed by atoms with Crippen molar-refractivity contribution in [1.82, 2.24) is 0 Å². The Morgan fingerprint density at radius 2 is 1.54 bits per heavy atom. The van der Waals surface area contributed by atoms with Gasteiger partial charge in [-0.25, -0.2) is 0 Å². The molecule has 1 radical (unpaired) electrons. The van der Waals surface area contributed by atoms with Crippen LogP contribution in [0.3, 0.4) is 0 Å². The van der Waals surface area contributed by atoms with Crippen LogP contribution in [0.1, 0.15) is 35.1 Å². The van der Waals surface area contributed by atoms with Crippen LogP contribution in [0.4, 0.5) is 0 Å². The second-order valence-electron chi connectivity index (χ2n) is 11.2. The van der Waals surface area contributed by atoms with E-state index in [1.807, 2.05) is 0 Å². The summed E-state index contributed by atoms with van der Waals surface area (Å²) < 4.78 is 6.33. The molecular weight excluding hydrogens is 607 g/mol. The molecule has 0 aromatic heterocycles. The molecule has 2 aliphatic rings. The van der Waals surface area contributed by atoms with E-state index in [0.29, 0.717) is 0 Å². The molecule has 0 spiro atoms. The van der Waals surface area contributed by atoms with Gasteiger partial charge in [-0.3, -0.25) is 0 Å². The molecule has 5 rings (SSSR count). The first kappa shape index (κ1) is 32.2. The third-order valence-corrected chi connectivity index (χ3v) is 11.8. The molecule has 37 heavy (non-hydrogen) atoms. The molecule has 1 atom stereocenters. The van der Waals surface area contributed by atoms with Crippen molar-refractivity contribution >= 4 is 34.6 Å². The Hall–Kier alpha value is -1.00. The van der Waals surface area contributed by atoms with Gasteiger partial charge in [0.05, 0.1) is 8.07 Å². The Bertz CT molecular complexity index is 1520. The quantitative estimate of drug-likeness (QED) is 0.219. The third-order valence-electron chi connectivity index (χ3n) is 7.33. The zero-order chi connectivity index (χ0) is 24.1. The van der Waals surface area contributed by atoms with Crippen molar-refractivity contribution in [3.63, 3.8) is 0 Å². The van der Waals surface area contributed by atoms with E-state index in [4.69, 9.17) is 4.43 Å². The molecule has 0 N–H and O–H groups in total. The van der Waals surface area contributed by atoms with E-state index in [1.54, 1.807) is 5.20 Å². The van der Waals surface area contributed by atoms with Crippen LogP contribution in [-0.4, -0.2) is 23.0 Å². The van der Waals surface area contributed by atoms with Crippen molar-refractivity contribution in [1.29, 1.82) is 0 Å². The predicted octanol–water partition coefficient (Wildman–Crippen LogP) is 0.427. The standard InChI is InChI=1S/C31H35OSi2.2ClH.Zr/c1-7-22-16-17-27-25-14-10-8-12-23(25)20-28(27)30(22)31-26-15-11-9-13-24(26)21-29(31)34(5,6)19-18-32-33(2,3)4;;;/h7-17,21,31H,18-19H2,1-6H3;2*1H;/q-1;;;+3/p-2. The van der Waals surface area contributed by atoms with Crippen molar-refractivity contribution in [2.75, 3.05) is 6.61 Å². The summed E-state index contributed by atoms with van der Waals surface area (Å²) in [4.78, 5) is 0. The van der Waals surface area contributed by atoms with Crippen LogP contribution >= 0.6 is 0 Å². The summed E-state index contributed by atoms with van der Waals surface area (Å²) in [6, 6.07) is 23.5. The number of hydrogen-bond acceptors (Lipinski definition) is 1. The van der Waals surface area contributed by atoms with Crippen LogP contribution < -0.4 is 35.3 Å². The summed E-state index contributed by atoms with van der Waals surface area (Å²) in [6.45, 7) is 15.0. The van der Waals surface area contributed by atoms with Crippen molar-refractivity contribution in [3.05, 3.63) is 109 Å². The van der Waals surface area contributed by atoms with Gasteiger partial charge < -0.3 is 29.2 Å². The van der Waals surface area contributed by atoms with Crippen LogP contribution in [0.25, 0.3) is 18.2 Å². The number of hydrogen-bond donors (Lipinski definition) is 0. The van der Waals surface area contributed by atoms with Gasteiger partial charge in [-0.2, -0.15) is 0 Å². The van der Waals surface area contributed by atoms with Gasteiger partial charge in [0, 0.05) is 12.5 Å². The van der Waals surface area contributed by atoms with Crippen LogP contribution in [-0.2, 0) is 30.6 Å². The third kappa shape index (κ3) is 6.26. The molecule has 191 valence electrons. The zero-order valence-electron chi connectivity index (χ0n) is 22.6. The van der Waals surface area contributed by atoms with E-state index >= 15 is 0 Å². The van der Waals surface area contributed by atoms with Gasteiger partial charge in [0.15, 0.2) is 8.32 Å². The van der Waals surface area contributed by atoms with Crippen molar-refractivity contribution in [3.8, 4) is 0 Å².